The maximum Gasteiger partial charge on any atom is 0.230 e. The number of halogens is 1. The topological polar surface area (TPSA) is 111 Å². The molecular weight excluding hydrogens is 419 g/mol. The van der Waals surface area contributed by atoms with E-state index in [0.29, 0.717) is 36.3 Å². The summed E-state index contributed by atoms with van der Waals surface area (Å²) < 4.78 is 14.8. The molecule has 2 N–H and O–H groups in total. The summed E-state index contributed by atoms with van der Waals surface area (Å²) in [6, 6.07) is 8.00. The van der Waals surface area contributed by atoms with Crippen molar-refractivity contribution in [3.8, 4) is 0 Å². The zero-order valence-electron chi connectivity index (χ0n) is 16.4. The van der Waals surface area contributed by atoms with Crippen molar-refractivity contribution in [2.24, 2.45) is 0 Å². The number of anilines is 1. The summed E-state index contributed by atoms with van der Waals surface area (Å²) >= 11 is 1.28. The van der Waals surface area contributed by atoms with Crippen molar-refractivity contribution >= 4 is 34.5 Å². The molecule has 1 amide bonds. The lowest BCUT2D eigenvalue weighted by molar-refractivity contribution is -0.118. The third-order valence-corrected chi connectivity index (χ3v) is 5.20. The molecule has 0 aliphatic heterocycles. The average molecular weight is 438 g/mol. The van der Waals surface area contributed by atoms with E-state index in [2.05, 4.69) is 35.7 Å². The monoisotopic (exact) mass is 438 g/mol. The van der Waals surface area contributed by atoms with E-state index in [4.69, 9.17) is 0 Å². The van der Waals surface area contributed by atoms with Gasteiger partial charge in [0.05, 0.1) is 23.9 Å². The third-order valence-electron chi connectivity index (χ3n) is 4.33. The van der Waals surface area contributed by atoms with Crippen LogP contribution in [0.3, 0.4) is 0 Å². The Labute approximate surface area is 181 Å². The number of carbonyl (C=O) groups is 1. The number of benzene rings is 1. The van der Waals surface area contributed by atoms with Crippen LogP contribution in [0, 0.1) is 5.82 Å². The zero-order chi connectivity index (χ0) is 21.5. The first kappa shape index (κ1) is 20.7. The molecule has 0 saturated heterocycles. The molecule has 31 heavy (non-hydrogen) atoms. The molecule has 0 fully saturated rings. The predicted octanol–water partition coefficient (Wildman–Crippen LogP) is 2.28. The summed E-state index contributed by atoms with van der Waals surface area (Å²) in [5, 5.41) is 11.8. The first-order valence-electron chi connectivity index (χ1n) is 9.50. The van der Waals surface area contributed by atoms with Crippen molar-refractivity contribution in [2.45, 2.75) is 18.2 Å². The van der Waals surface area contributed by atoms with Gasteiger partial charge >= 0.3 is 0 Å². The molecule has 11 heteroatoms. The van der Waals surface area contributed by atoms with E-state index < -0.39 is 0 Å². The zero-order valence-corrected chi connectivity index (χ0v) is 17.2. The predicted molar refractivity (Wildman–Crippen MR) is 115 cm³/mol. The first-order chi connectivity index (χ1) is 15.2. The van der Waals surface area contributed by atoms with Crippen LogP contribution in [-0.4, -0.2) is 47.9 Å². The summed E-state index contributed by atoms with van der Waals surface area (Å²) in [5.41, 5.74) is 1.60. The number of amides is 1. The fraction of sp³-hybridized carbons (Fsp3) is 0.200. The Hall–Kier alpha value is -3.60. The van der Waals surface area contributed by atoms with Crippen LogP contribution >= 0.6 is 11.8 Å². The van der Waals surface area contributed by atoms with Crippen LogP contribution in [0.4, 0.5) is 10.2 Å². The van der Waals surface area contributed by atoms with Crippen molar-refractivity contribution in [3.05, 3.63) is 66.6 Å². The van der Waals surface area contributed by atoms with Gasteiger partial charge in [-0.15, -0.1) is 0 Å². The molecule has 3 heterocycles. The van der Waals surface area contributed by atoms with E-state index in [1.54, 1.807) is 41.5 Å². The molecule has 0 aliphatic carbocycles. The lowest BCUT2D eigenvalue weighted by atomic mass is 10.2. The Morgan fingerprint density at radius 2 is 1.90 bits per heavy atom. The Kier molecular flexibility index (Phi) is 6.62. The maximum absolute atomic E-state index is 13.0. The van der Waals surface area contributed by atoms with Crippen LogP contribution in [-0.2, 0) is 17.9 Å². The molecule has 0 bridgehead atoms. The lowest BCUT2D eigenvalue weighted by Gasteiger charge is -2.08. The molecule has 0 saturated carbocycles. The summed E-state index contributed by atoms with van der Waals surface area (Å²) in [4.78, 5) is 28.8. The Morgan fingerprint density at radius 1 is 1.10 bits per heavy atom. The van der Waals surface area contributed by atoms with Gasteiger partial charge in [-0.05, 0) is 23.8 Å². The lowest BCUT2D eigenvalue weighted by Crippen LogP contribution is -2.29. The van der Waals surface area contributed by atoms with Crippen LogP contribution < -0.4 is 10.6 Å². The molecule has 0 atom stereocenters. The molecule has 0 spiro atoms. The van der Waals surface area contributed by atoms with Gasteiger partial charge in [0.2, 0.25) is 5.91 Å². The molecule has 0 radical (unpaired) electrons. The number of hydrogen-bond donors (Lipinski definition) is 2. The molecule has 158 valence electrons. The third kappa shape index (κ3) is 5.51. The number of hydrogen-bond acceptors (Lipinski definition) is 8. The normalized spacial score (nSPS) is 10.9. The van der Waals surface area contributed by atoms with Crippen molar-refractivity contribution < 1.29 is 9.18 Å². The van der Waals surface area contributed by atoms with Crippen LogP contribution in [0.2, 0.25) is 0 Å². The van der Waals surface area contributed by atoms with Crippen LogP contribution in [0.25, 0.3) is 11.0 Å². The standard InChI is InChI=1S/C20H19FN8OS/c21-15-4-2-14(3-5-15)10-25-18-16-11-28-29(19(16)27-13-26-18)9-8-22-17(30)12-31-20-23-6-1-7-24-20/h1-7,11,13H,8-10,12H2,(H,22,30)(H,25,26,27). The van der Waals surface area contributed by atoms with Gasteiger partial charge in [0.15, 0.2) is 10.8 Å². The molecule has 3 aromatic heterocycles. The van der Waals surface area contributed by atoms with Crippen LogP contribution in [0.5, 0.6) is 0 Å². The molecule has 1 aromatic carbocycles. The number of rotatable bonds is 9. The highest BCUT2D eigenvalue weighted by molar-refractivity contribution is 7.99. The van der Waals surface area contributed by atoms with Crippen LogP contribution in [0.15, 0.2) is 60.4 Å². The van der Waals surface area contributed by atoms with Crippen molar-refractivity contribution in [1.29, 1.82) is 0 Å². The van der Waals surface area contributed by atoms with Gasteiger partial charge in [-0.25, -0.2) is 29.0 Å². The molecule has 4 rings (SSSR count). The van der Waals surface area contributed by atoms with Gasteiger partial charge in [0, 0.05) is 25.5 Å². The van der Waals surface area contributed by atoms with Crippen molar-refractivity contribution in [1.82, 2.24) is 35.0 Å². The Balaban J connectivity index is 1.31. The number of aromatic nitrogens is 6. The highest BCUT2D eigenvalue weighted by Crippen LogP contribution is 2.19. The van der Waals surface area contributed by atoms with E-state index in [1.807, 2.05) is 0 Å². The summed E-state index contributed by atoms with van der Waals surface area (Å²) in [6.45, 7) is 1.38. The molecule has 0 aliphatic rings. The Morgan fingerprint density at radius 3 is 2.71 bits per heavy atom. The first-order valence-corrected chi connectivity index (χ1v) is 10.5. The molecule has 9 nitrogen and oxygen atoms in total. The second-order valence-corrected chi connectivity index (χ2v) is 7.42. The van der Waals surface area contributed by atoms with Gasteiger partial charge in [0.1, 0.15) is 18.0 Å². The van der Waals surface area contributed by atoms with E-state index in [1.165, 1.54) is 30.2 Å². The Bertz CT molecular complexity index is 1150. The SMILES string of the molecule is O=C(CSc1ncccn1)NCCn1ncc2c(NCc3ccc(F)cc3)ncnc21. The van der Waals surface area contributed by atoms with E-state index >= 15 is 0 Å². The maximum atomic E-state index is 13.0. The number of carbonyl (C=O) groups excluding carboxylic acids is 1. The minimum Gasteiger partial charge on any atom is -0.365 e. The highest BCUT2D eigenvalue weighted by Gasteiger charge is 2.10. The fourth-order valence-electron chi connectivity index (χ4n) is 2.83. The second kappa shape index (κ2) is 9.94. The fourth-order valence-corrected chi connectivity index (χ4v) is 3.46. The minimum absolute atomic E-state index is 0.106. The average Bonchev–Trinajstić information content (AvgIpc) is 3.22. The van der Waals surface area contributed by atoms with Crippen molar-refractivity contribution in [3.63, 3.8) is 0 Å². The largest absolute Gasteiger partial charge is 0.365 e. The molecule has 0 unspecified atom stereocenters. The van der Waals surface area contributed by atoms with Crippen molar-refractivity contribution in [2.75, 3.05) is 17.6 Å². The van der Waals surface area contributed by atoms with Crippen LogP contribution in [0.1, 0.15) is 5.56 Å². The smallest absolute Gasteiger partial charge is 0.230 e. The van der Waals surface area contributed by atoms with E-state index in [0.717, 1.165) is 10.9 Å². The number of nitrogens with one attached hydrogen (secondary N) is 2. The van der Waals surface area contributed by atoms with E-state index in [-0.39, 0.29) is 17.5 Å². The van der Waals surface area contributed by atoms with Gasteiger partial charge in [-0.1, -0.05) is 23.9 Å². The van der Waals surface area contributed by atoms with E-state index in [9.17, 15) is 9.18 Å². The number of thioether (sulfide) groups is 1. The second-order valence-electron chi connectivity index (χ2n) is 6.48. The minimum atomic E-state index is -0.270. The summed E-state index contributed by atoms with van der Waals surface area (Å²) in [5.74, 6) is 0.506. The highest BCUT2D eigenvalue weighted by atomic mass is 32.2. The molecule has 4 aromatic rings. The molecular formula is C20H19FN8OS. The number of fused-ring (bicyclic) bond motifs is 1. The van der Waals surface area contributed by atoms with Gasteiger partial charge in [-0.2, -0.15) is 5.10 Å². The summed E-state index contributed by atoms with van der Waals surface area (Å²) in [7, 11) is 0. The summed E-state index contributed by atoms with van der Waals surface area (Å²) in [6.07, 6.45) is 6.43. The quantitative estimate of drug-likeness (QED) is 0.303. The number of nitrogens with zero attached hydrogens (tertiary/aromatic N) is 6. The van der Waals surface area contributed by atoms with Gasteiger partial charge < -0.3 is 10.6 Å². The van der Waals surface area contributed by atoms with Gasteiger partial charge in [-0.3, -0.25) is 4.79 Å². The van der Waals surface area contributed by atoms with Gasteiger partial charge in [0.25, 0.3) is 0 Å².